The van der Waals surface area contributed by atoms with E-state index in [9.17, 15) is 4.79 Å². The summed E-state index contributed by atoms with van der Waals surface area (Å²) in [5, 5.41) is 0. The summed E-state index contributed by atoms with van der Waals surface area (Å²) < 4.78 is 2.19. The van der Waals surface area contributed by atoms with Gasteiger partial charge in [-0.15, -0.1) is 0 Å². The molecular formula is C21H29N3O. The third-order valence-electron chi connectivity index (χ3n) is 5.36. The fourth-order valence-corrected chi connectivity index (χ4v) is 4.00. The quantitative estimate of drug-likeness (QED) is 0.930. The second-order valence-corrected chi connectivity index (χ2v) is 7.44. The Labute approximate surface area is 150 Å². The molecule has 4 heteroatoms. The molecule has 0 spiro atoms. The van der Waals surface area contributed by atoms with Gasteiger partial charge in [-0.3, -0.25) is 4.79 Å². The Balaban J connectivity index is 1.90. The number of carbonyl (C=O) groups is 1. The Morgan fingerprint density at radius 1 is 1.04 bits per heavy atom. The lowest BCUT2D eigenvalue weighted by molar-refractivity contribution is 0.0692. The van der Waals surface area contributed by atoms with Crippen LogP contribution in [0.2, 0.25) is 0 Å². The van der Waals surface area contributed by atoms with Crippen LogP contribution in [0.4, 0.5) is 0 Å². The van der Waals surface area contributed by atoms with Crippen molar-refractivity contribution in [1.82, 2.24) is 9.47 Å². The molecule has 3 rings (SSSR count). The Kier molecular flexibility index (Phi) is 5.00. The summed E-state index contributed by atoms with van der Waals surface area (Å²) in [7, 11) is 0. The summed E-state index contributed by atoms with van der Waals surface area (Å²) in [5.41, 5.74) is 12.3. The minimum absolute atomic E-state index is 0.152. The summed E-state index contributed by atoms with van der Waals surface area (Å²) >= 11 is 0. The number of hydrogen-bond donors (Lipinski definition) is 1. The third-order valence-corrected chi connectivity index (χ3v) is 5.36. The number of rotatable bonds is 3. The van der Waals surface area contributed by atoms with E-state index in [1.165, 1.54) is 11.1 Å². The van der Waals surface area contributed by atoms with Gasteiger partial charge in [-0.25, -0.2) is 0 Å². The predicted molar refractivity (Wildman–Crippen MR) is 102 cm³/mol. The number of amides is 1. The molecule has 1 aromatic carbocycles. The van der Waals surface area contributed by atoms with Crippen LogP contribution in [0.25, 0.3) is 5.69 Å². The molecule has 25 heavy (non-hydrogen) atoms. The highest BCUT2D eigenvalue weighted by molar-refractivity contribution is 5.96. The molecule has 2 aromatic rings. The zero-order valence-corrected chi connectivity index (χ0v) is 15.8. The summed E-state index contributed by atoms with van der Waals surface area (Å²) in [6.07, 6.45) is 2.02. The largest absolute Gasteiger partial charge is 0.339 e. The fourth-order valence-electron chi connectivity index (χ4n) is 4.00. The van der Waals surface area contributed by atoms with E-state index in [4.69, 9.17) is 5.73 Å². The van der Waals surface area contributed by atoms with Crippen molar-refractivity contribution in [3.05, 3.63) is 52.3 Å². The summed E-state index contributed by atoms with van der Waals surface area (Å²) in [6.45, 7) is 10.7. The zero-order chi connectivity index (χ0) is 18.1. The normalized spacial score (nSPS) is 15.6. The smallest absolute Gasteiger partial charge is 0.255 e. The summed E-state index contributed by atoms with van der Waals surface area (Å²) in [4.78, 5) is 15.0. The first-order valence-corrected chi connectivity index (χ1v) is 9.17. The third kappa shape index (κ3) is 3.49. The fraction of sp³-hybridized carbons (Fsp3) is 0.476. The van der Waals surface area contributed by atoms with E-state index in [1.807, 2.05) is 17.9 Å². The molecule has 0 radical (unpaired) electrons. The van der Waals surface area contributed by atoms with E-state index in [-0.39, 0.29) is 5.91 Å². The molecule has 0 atom stereocenters. The van der Waals surface area contributed by atoms with Gasteiger partial charge in [0.15, 0.2) is 0 Å². The van der Waals surface area contributed by atoms with Gasteiger partial charge in [-0.05, 0) is 82.3 Å². The van der Waals surface area contributed by atoms with Crippen molar-refractivity contribution in [2.24, 2.45) is 11.7 Å². The van der Waals surface area contributed by atoms with Crippen LogP contribution in [0.3, 0.4) is 0 Å². The molecule has 0 unspecified atom stereocenters. The van der Waals surface area contributed by atoms with Crippen LogP contribution in [-0.2, 0) is 0 Å². The minimum atomic E-state index is 0.152. The summed E-state index contributed by atoms with van der Waals surface area (Å²) in [6, 6.07) is 8.55. The van der Waals surface area contributed by atoms with Crippen molar-refractivity contribution < 1.29 is 4.79 Å². The molecule has 1 saturated heterocycles. The van der Waals surface area contributed by atoms with E-state index >= 15 is 0 Å². The maximum atomic E-state index is 13.0. The lowest BCUT2D eigenvalue weighted by Crippen LogP contribution is -2.40. The van der Waals surface area contributed by atoms with E-state index in [1.54, 1.807) is 0 Å². The van der Waals surface area contributed by atoms with E-state index in [0.29, 0.717) is 5.92 Å². The molecule has 1 aromatic heterocycles. The highest BCUT2D eigenvalue weighted by Gasteiger charge is 2.26. The van der Waals surface area contributed by atoms with Crippen molar-refractivity contribution >= 4 is 5.91 Å². The molecule has 1 aliphatic rings. The number of aryl methyl sites for hydroxylation is 3. The number of benzene rings is 1. The number of nitrogens with zero attached hydrogens (tertiary/aromatic N) is 2. The van der Waals surface area contributed by atoms with Crippen molar-refractivity contribution in [1.29, 1.82) is 0 Å². The second kappa shape index (κ2) is 7.04. The maximum absolute atomic E-state index is 13.0. The van der Waals surface area contributed by atoms with Gasteiger partial charge in [0.25, 0.3) is 5.91 Å². The molecule has 1 aliphatic heterocycles. The number of hydrogen-bond acceptors (Lipinski definition) is 2. The minimum Gasteiger partial charge on any atom is -0.339 e. The van der Waals surface area contributed by atoms with Crippen LogP contribution >= 0.6 is 0 Å². The Morgan fingerprint density at radius 3 is 2.20 bits per heavy atom. The number of nitrogens with two attached hydrogens (primary N) is 1. The Hall–Kier alpha value is -2.07. The molecular weight excluding hydrogens is 310 g/mol. The van der Waals surface area contributed by atoms with E-state index in [2.05, 4.69) is 43.5 Å². The van der Waals surface area contributed by atoms with Crippen LogP contribution < -0.4 is 5.73 Å². The monoisotopic (exact) mass is 339 g/mol. The van der Waals surface area contributed by atoms with Gasteiger partial charge in [0.05, 0.1) is 5.56 Å². The number of piperidine rings is 1. The molecule has 0 saturated carbocycles. The van der Waals surface area contributed by atoms with Crippen molar-refractivity contribution in [2.75, 3.05) is 19.6 Å². The second-order valence-electron chi connectivity index (χ2n) is 7.44. The van der Waals surface area contributed by atoms with Crippen molar-refractivity contribution in [2.45, 2.75) is 40.5 Å². The Bertz CT molecular complexity index is 762. The Morgan fingerprint density at radius 2 is 1.64 bits per heavy atom. The average molecular weight is 339 g/mol. The van der Waals surface area contributed by atoms with Crippen LogP contribution in [0, 0.1) is 33.6 Å². The van der Waals surface area contributed by atoms with E-state index < -0.39 is 0 Å². The molecule has 4 nitrogen and oxygen atoms in total. The van der Waals surface area contributed by atoms with E-state index in [0.717, 1.165) is 55.1 Å². The van der Waals surface area contributed by atoms with Gasteiger partial charge in [-0.1, -0.05) is 6.07 Å². The standard InChI is InChI=1S/C21H29N3O/c1-14-9-15(2)11-19(10-14)24-16(3)12-20(17(24)4)21(25)23-7-5-18(13-22)6-8-23/h9-12,18H,5-8,13,22H2,1-4H3. The van der Waals surface area contributed by atoms with Crippen LogP contribution in [0.1, 0.15) is 45.7 Å². The predicted octanol–water partition coefficient (Wildman–Crippen LogP) is 3.52. The topological polar surface area (TPSA) is 51.3 Å². The number of aromatic nitrogens is 1. The van der Waals surface area contributed by atoms with Gasteiger partial charge in [0.2, 0.25) is 0 Å². The molecule has 0 bridgehead atoms. The van der Waals surface area contributed by atoms with Gasteiger partial charge in [-0.2, -0.15) is 0 Å². The van der Waals surface area contributed by atoms with Crippen molar-refractivity contribution in [3.8, 4) is 5.69 Å². The zero-order valence-electron chi connectivity index (χ0n) is 15.8. The lowest BCUT2D eigenvalue weighted by atomic mass is 9.96. The van der Waals surface area contributed by atoms with Gasteiger partial charge in [0, 0.05) is 30.2 Å². The molecule has 1 fully saturated rings. The summed E-state index contributed by atoms with van der Waals surface area (Å²) in [5.74, 6) is 0.714. The molecule has 1 amide bonds. The number of likely N-dealkylation sites (tertiary alicyclic amines) is 1. The highest BCUT2D eigenvalue weighted by Crippen LogP contribution is 2.25. The van der Waals surface area contributed by atoms with Crippen molar-refractivity contribution in [3.63, 3.8) is 0 Å². The molecule has 134 valence electrons. The molecule has 0 aliphatic carbocycles. The highest BCUT2D eigenvalue weighted by atomic mass is 16.2. The lowest BCUT2D eigenvalue weighted by Gasteiger charge is -2.31. The first-order valence-electron chi connectivity index (χ1n) is 9.17. The van der Waals surface area contributed by atoms with Crippen LogP contribution in [0.15, 0.2) is 24.3 Å². The molecule has 2 heterocycles. The first-order chi connectivity index (χ1) is 11.9. The average Bonchev–Trinajstić information content (AvgIpc) is 2.88. The number of carbonyl (C=O) groups excluding carboxylic acids is 1. The van der Waals surface area contributed by atoms with Gasteiger partial charge in [0.1, 0.15) is 0 Å². The maximum Gasteiger partial charge on any atom is 0.255 e. The van der Waals surface area contributed by atoms with Gasteiger partial charge >= 0.3 is 0 Å². The first kappa shape index (κ1) is 17.7. The van der Waals surface area contributed by atoms with Crippen LogP contribution in [-0.4, -0.2) is 35.0 Å². The van der Waals surface area contributed by atoms with Gasteiger partial charge < -0.3 is 15.2 Å². The van der Waals surface area contributed by atoms with Crippen LogP contribution in [0.5, 0.6) is 0 Å². The SMILES string of the molecule is Cc1cc(C)cc(-n2c(C)cc(C(=O)N3CCC(CN)CC3)c2C)c1. The molecule has 2 N–H and O–H groups in total.